The molecule has 1 fully saturated rings. The Hall–Kier alpha value is -1.84. The van der Waals surface area contributed by atoms with Crippen molar-refractivity contribution in [1.29, 1.82) is 0 Å². The fraction of sp³-hybridized carbons (Fsp3) is 0.471. The monoisotopic (exact) mass is 286 g/mol. The van der Waals surface area contributed by atoms with Gasteiger partial charge in [0.25, 0.3) is 5.91 Å². The fourth-order valence-corrected chi connectivity index (χ4v) is 3.97. The van der Waals surface area contributed by atoms with Crippen molar-refractivity contribution in [2.24, 2.45) is 5.92 Å². The molecule has 0 radical (unpaired) electrons. The summed E-state index contributed by atoms with van der Waals surface area (Å²) in [5, 5.41) is 3.65. The first-order chi connectivity index (χ1) is 10.3. The van der Waals surface area contributed by atoms with Crippen LogP contribution >= 0.6 is 0 Å². The SMILES string of the molecule is O=C1NCCc2c1c1cccc(F)c1n2CC1CCCC1. The van der Waals surface area contributed by atoms with E-state index in [0.717, 1.165) is 24.0 Å². The van der Waals surface area contributed by atoms with E-state index in [9.17, 15) is 9.18 Å². The molecule has 1 aromatic carbocycles. The molecule has 0 spiro atoms. The summed E-state index contributed by atoms with van der Waals surface area (Å²) >= 11 is 0. The van der Waals surface area contributed by atoms with Crippen LogP contribution in [0.15, 0.2) is 18.2 Å². The Morgan fingerprint density at radius 1 is 1.29 bits per heavy atom. The summed E-state index contributed by atoms with van der Waals surface area (Å²) in [7, 11) is 0. The number of nitrogens with one attached hydrogen (secondary N) is 1. The first-order valence-electron chi connectivity index (χ1n) is 7.83. The number of rotatable bonds is 2. The van der Waals surface area contributed by atoms with E-state index in [4.69, 9.17) is 0 Å². The Morgan fingerprint density at radius 3 is 2.90 bits per heavy atom. The van der Waals surface area contributed by atoms with Crippen LogP contribution in [0.4, 0.5) is 4.39 Å². The summed E-state index contributed by atoms with van der Waals surface area (Å²) in [6.45, 7) is 1.49. The predicted octanol–water partition coefficient (Wildman–Crippen LogP) is 3.26. The third-order valence-electron chi connectivity index (χ3n) is 4.93. The minimum Gasteiger partial charge on any atom is -0.352 e. The second kappa shape index (κ2) is 4.86. The number of hydrogen-bond acceptors (Lipinski definition) is 1. The van der Waals surface area contributed by atoms with E-state index in [2.05, 4.69) is 9.88 Å². The van der Waals surface area contributed by atoms with Gasteiger partial charge in [-0.3, -0.25) is 4.79 Å². The van der Waals surface area contributed by atoms with E-state index in [0.29, 0.717) is 23.5 Å². The number of hydrogen-bond donors (Lipinski definition) is 1. The zero-order chi connectivity index (χ0) is 14.4. The molecule has 0 saturated heterocycles. The smallest absolute Gasteiger partial charge is 0.253 e. The molecule has 4 heteroatoms. The van der Waals surface area contributed by atoms with E-state index in [1.165, 1.54) is 31.7 Å². The molecular formula is C17H19FN2O. The van der Waals surface area contributed by atoms with Crippen LogP contribution in [-0.2, 0) is 13.0 Å². The second-order valence-corrected chi connectivity index (χ2v) is 6.22. The van der Waals surface area contributed by atoms with Gasteiger partial charge in [0, 0.05) is 30.6 Å². The van der Waals surface area contributed by atoms with Crippen LogP contribution in [0, 0.1) is 11.7 Å². The number of fused-ring (bicyclic) bond motifs is 3. The zero-order valence-electron chi connectivity index (χ0n) is 12.0. The number of carbonyl (C=O) groups excluding carboxylic acids is 1. The number of amides is 1. The Balaban J connectivity index is 1.93. The normalized spacial score (nSPS) is 19.0. The first-order valence-corrected chi connectivity index (χ1v) is 7.83. The third-order valence-corrected chi connectivity index (χ3v) is 4.93. The molecule has 0 atom stereocenters. The molecule has 1 saturated carbocycles. The van der Waals surface area contributed by atoms with Gasteiger partial charge in [0.2, 0.25) is 0 Å². The van der Waals surface area contributed by atoms with Gasteiger partial charge in [0.05, 0.1) is 11.1 Å². The lowest BCUT2D eigenvalue weighted by molar-refractivity contribution is 0.0946. The quantitative estimate of drug-likeness (QED) is 0.903. The molecule has 1 amide bonds. The van der Waals surface area contributed by atoms with Gasteiger partial charge in [-0.05, 0) is 24.8 Å². The van der Waals surface area contributed by atoms with Crippen LogP contribution in [0.1, 0.15) is 41.7 Å². The van der Waals surface area contributed by atoms with Gasteiger partial charge in [-0.15, -0.1) is 0 Å². The number of para-hydroxylation sites is 1. The molecule has 1 aromatic heterocycles. The molecule has 0 unspecified atom stereocenters. The van der Waals surface area contributed by atoms with Crippen LogP contribution in [0.3, 0.4) is 0 Å². The van der Waals surface area contributed by atoms with Crippen molar-refractivity contribution in [1.82, 2.24) is 9.88 Å². The van der Waals surface area contributed by atoms with Gasteiger partial charge < -0.3 is 9.88 Å². The number of nitrogens with zero attached hydrogens (tertiary/aromatic N) is 1. The molecule has 3 nitrogen and oxygen atoms in total. The lowest BCUT2D eigenvalue weighted by Crippen LogP contribution is -2.32. The molecule has 1 N–H and O–H groups in total. The van der Waals surface area contributed by atoms with Crippen molar-refractivity contribution in [2.45, 2.75) is 38.6 Å². The Labute approximate surface area is 123 Å². The van der Waals surface area contributed by atoms with Crippen LogP contribution in [-0.4, -0.2) is 17.0 Å². The van der Waals surface area contributed by atoms with Crippen molar-refractivity contribution < 1.29 is 9.18 Å². The average Bonchev–Trinajstić information content (AvgIpc) is 3.08. The standard InChI is InChI=1S/C17H19FN2O/c18-13-7-3-6-12-15-14(8-9-19-17(15)21)20(16(12)13)10-11-4-1-2-5-11/h3,6-7,11H,1-2,4-5,8-10H2,(H,19,21). The van der Waals surface area contributed by atoms with Gasteiger partial charge in [-0.2, -0.15) is 0 Å². The molecular weight excluding hydrogens is 267 g/mol. The Morgan fingerprint density at radius 2 is 2.10 bits per heavy atom. The lowest BCUT2D eigenvalue weighted by atomic mass is 10.0. The molecule has 2 aliphatic rings. The van der Waals surface area contributed by atoms with Crippen molar-refractivity contribution >= 4 is 16.8 Å². The summed E-state index contributed by atoms with van der Waals surface area (Å²) in [6.07, 6.45) is 5.77. The van der Waals surface area contributed by atoms with E-state index in [1.54, 1.807) is 6.07 Å². The molecule has 21 heavy (non-hydrogen) atoms. The Kier molecular flexibility index (Phi) is 2.98. The van der Waals surface area contributed by atoms with E-state index >= 15 is 0 Å². The number of halogens is 1. The van der Waals surface area contributed by atoms with Crippen LogP contribution < -0.4 is 5.32 Å². The maximum absolute atomic E-state index is 14.4. The van der Waals surface area contributed by atoms with E-state index in [-0.39, 0.29) is 11.7 Å². The highest BCUT2D eigenvalue weighted by Gasteiger charge is 2.28. The molecule has 2 aromatic rings. The highest BCUT2D eigenvalue weighted by atomic mass is 19.1. The van der Waals surface area contributed by atoms with Gasteiger partial charge in [-0.25, -0.2) is 4.39 Å². The number of aromatic nitrogens is 1. The number of benzene rings is 1. The van der Waals surface area contributed by atoms with Crippen LogP contribution in [0.25, 0.3) is 10.9 Å². The van der Waals surface area contributed by atoms with Gasteiger partial charge in [0.15, 0.2) is 0 Å². The van der Waals surface area contributed by atoms with E-state index in [1.807, 2.05) is 6.07 Å². The highest BCUT2D eigenvalue weighted by molar-refractivity contribution is 6.09. The molecule has 1 aliphatic heterocycles. The first kappa shape index (κ1) is 12.9. The fourth-order valence-electron chi connectivity index (χ4n) is 3.97. The maximum atomic E-state index is 14.4. The zero-order valence-corrected chi connectivity index (χ0v) is 12.0. The van der Waals surface area contributed by atoms with Crippen molar-refractivity contribution in [3.8, 4) is 0 Å². The summed E-state index contributed by atoms with van der Waals surface area (Å²) in [4.78, 5) is 12.2. The minimum absolute atomic E-state index is 0.0583. The van der Waals surface area contributed by atoms with Crippen molar-refractivity contribution in [3.05, 3.63) is 35.3 Å². The molecule has 4 rings (SSSR count). The predicted molar refractivity (Wildman–Crippen MR) is 79.9 cm³/mol. The summed E-state index contributed by atoms with van der Waals surface area (Å²) in [5.41, 5.74) is 2.32. The second-order valence-electron chi connectivity index (χ2n) is 6.22. The van der Waals surface area contributed by atoms with Gasteiger partial charge in [0.1, 0.15) is 5.82 Å². The molecule has 110 valence electrons. The largest absolute Gasteiger partial charge is 0.352 e. The molecule has 1 aliphatic carbocycles. The summed E-state index contributed by atoms with van der Waals surface area (Å²) in [5.74, 6) is 0.346. The van der Waals surface area contributed by atoms with Crippen molar-refractivity contribution in [3.63, 3.8) is 0 Å². The Bertz CT molecular complexity index is 713. The third kappa shape index (κ3) is 1.96. The summed E-state index contributed by atoms with van der Waals surface area (Å²) < 4.78 is 16.5. The lowest BCUT2D eigenvalue weighted by Gasteiger charge is -2.19. The molecule has 2 heterocycles. The van der Waals surface area contributed by atoms with Crippen molar-refractivity contribution in [2.75, 3.05) is 6.54 Å². The van der Waals surface area contributed by atoms with Gasteiger partial charge >= 0.3 is 0 Å². The van der Waals surface area contributed by atoms with Gasteiger partial charge in [-0.1, -0.05) is 25.0 Å². The highest BCUT2D eigenvalue weighted by Crippen LogP contribution is 2.34. The minimum atomic E-state index is -0.215. The van der Waals surface area contributed by atoms with E-state index < -0.39 is 0 Å². The van der Waals surface area contributed by atoms with Crippen LogP contribution in [0.5, 0.6) is 0 Å². The average molecular weight is 286 g/mol. The number of carbonyl (C=O) groups is 1. The maximum Gasteiger partial charge on any atom is 0.253 e. The topological polar surface area (TPSA) is 34.0 Å². The molecule has 0 bridgehead atoms. The summed E-state index contributed by atoms with van der Waals surface area (Å²) in [6, 6.07) is 5.06. The van der Waals surface area contributed by atoms with Crippen LogP contribution in [0.2, 0.25) is 0 Å².